The Balaban J connectivity index is 1.57. The van der Waals surface area contributed by atoms with Gasteiger partial charge in [0.1, 0.15) is 17.2 Å². The third kappa shape index (κ3) is 8.58. The van der Waals surface area contributed by atoms with E-state index in [0.717, 1.165) is 11.4 Å². The minimum Gasteiger partial charge on any atom is -0.444 e. The predicted octanol–water partition coefficient (Wildman–Crippen LogP) is 7.77. The summed E-state index contributed by atoms with van der Waals surface area (Å²) in [4.78, 5) is 24.1. The van der Waals surface area contributed by atoms with E-state index in [0.29, 0.717) is 25.3 Å². The second kappa shape index (κ2) is 13.4. The van der Waals surface area contributed by atoms with E-state index in [1.54, 1.807) is 30.6 Å². The molecule has 1 saturated heterocycles. The third-order valence-electron chi connectivity index (χ3n) is 8.45. The van der Waals surface area contributed by atoms with Gasteiger partial charge in [-0.1, -0.05) is 39.8 Å². The van der Waals surface area contributed by atoms with Crippen LogP contribution in [0.4, 0.5) is 25.0 Å². The summed E-state index contributed by atoms with van der Waals surface area (Å²) in [7, 11) is -2.16. The highest BCUT2D eigenvalue weighted by atomic mass is 28.4. The van der Waals surface area contributed by atoms with Gasteiger partial charge in [-0.3, -0.25) is 9.97 Å². The van der Waals surface area contributed by atoms with Crippen LogP contribution in [0.5, 0.6) is 0 Å². The number of carbonyl (C=O) groups excluding carboxylic acids is 1. The lowest BCUT2D eigenvalue weighted by Crippen LogP contribution is -2.62. The van der Waals surface area contributed by atoms with Crippen LogP contribution < -0.4 is 15.5 Å². The van der Waals surface area contributed by atoms with E-state index < -0.39 is 31.6 Å². The fraction of sp³-hybridized carbons (Fsp3) is 0.500. The van der Waals surface area contributed by atoms with Crippen molar-refractivity contribution in [2.24, 2.45) is 5.92 Å². The number of carbonyl (C=O) groups is 1. The zero-order chi connectivity index (χ0) is 33.2. The van der Waals surface area contributed by atoms with Crippen molar-refractivity contribution in [3.05, 3.63) is 72.2 Å². The molecule has 0 bridgehead atoms. The van der Waals surface area contributed by atoms with Gasteiger partial charge in [0.2, 0.25) is 0 Å². The van der Waals surface area contributed by atoms with E-state index in [2.05, 4.69) is 66.3 Å². The number of hydrogen-bond acceptors (Lipinski definition) is 7. The number of halogens is 2. The molecule has 244 valence electrons. The minimum atomic E-state index is -2.16. The second-order valence-electron chi connectivity index (χ2n) is 14.3. The lowest BCUT2D eigenvalue weighted by Gasteiger charge is -2.48. The monoisotopic (exact) mass is 639 g/mol. The number of pyridine rings is 2. The number of ether oxygens (including phenoxy) is 1. The first kappa shape index (κ1) is 34.3. The Labute approximate surface area is 267 Å². The third-order valence-corrected chi connectivity index (χ3v) is 12.9. The molecule has 1 amide bonds. The van der Waals surface area contributed by atoms with Gasteiger partial charge in [0.05, 0.1) is 53.2 Å². The van der Waals surface area contributed by atoms with Gasteiger partial charge in [0.25, 0.3) is 0 Å². The van der Waals surface area contributed by atoms with E-state index >= 15 is 0 Å². The number of nitrogens with one attached hydrogen (secondary N) is 2. The summed E-state index contributed by atoms with van der Waals surface area (Å²) in [6.45, 7) is 20.3. The van der Waals surface area contributed by atoms with Crippen LogP contribution in [-0.4, -0.2) is 55.2 Å². The van der Waals surface area contributed by atoms with Crippen molar-refractivity contribution in [1.82, 2.24) is 15.3 Å². The van der Waals surface area contributed by atoms with Crippen LogP contribution in [0.15, 0.2) is 54.9 Å². The molecule has 3 aromatic rings. The molecule has 4 rings (SSSR count). The maximum atomic E-state index is 14.4. The lowest BCUT2D eigenvalue weighted by molar-refractivity contribution is 0.0336. The number of alkyl carbamates (subject to hydrolysis) is 1. The maximum absolute atomic E-state index is 14.4. The number of nitrogens with zero attached hydrogens (tertiary/aromatic N) is 3. The van der Waals surface area contributed by atoms with Crippen molar-refractivity contribution in [2.45, 2.75) is 90.9 Å². The van der Waals surface area contributed by atoms with Gasteiger partial charge < -0.3 is 24.7 Å². The van der Waals surface area contributed by atoms with E-state index in [9.17, 15) is 13.6 Å². The number of anilines is 2. The molecular formula is C34H47F2N5O3Si. The van der Waals surface area contributed by atoms with Gasteiger partial charge in [0.15, 0.2) is 8.32 Å². The summed E-state index contributed by atoms with van der Waals surface area (Å²) in [5.41, 5.74) is 1.74. The zero-order valence-corrected chi connectivity index (χ0v) is 28.9. The molecule has 1 aliphatic heterocycles. The molecule has 2 N–H and O–H groups in total. The molecule has 1 fully saturated rings. The minimum absolute atomic E-state index is 0.00585. The zero-order valence-electron chi connectivity index (χ0n) is 27.9. The summed E-state index contributed by atoms with van der Waals surface area (Å²) in [5.74, 6) is -1.23. The molecule has 3 atom stereocenters. The summed E-state index contributed by atoms with van der Waals surface area (Å²) < 4.78 is 41.4. The SMILES string of the molecule is CC1CN(c2ccncc2NCc2cccc(-c3c(F)cccc3F)n2)CC(NC(=O)OC(C)(C)C)C1O[Si](C)(C)C(C)(C)C. The topological polar surface area (TPSA) is 88.6 Å². The van der Waals surface area contributed by atoms with Crippen LogP contribution in [0.25, 0.3) is 11.3 Å². The van der Waals surface area contributed by atoms with E-state index in [1.807, 2.05) is 26.8 Å². The molecule has 3 unspecified atom stereocenters. The molecule has 3 heterocycles. The Morgan fingerprint density at radius 3 is 2.33 bits per heavy atom. The summed E-state index contributed by atoms with van der Waals surface area (Å²) in [6.07, 6.45) is 2.81. The molecule has 8 nitrogen and oxygen atoms in total. The predicted molar refractivity (Wildman–Crippen MR) is 178 cm³/mol. The number of piperidine rings is 1. The Hall–Kier alpha value is -3.57. The largest absolute Gasteiger partial charge is 0.444 e. The van der Waals surface area contributed by atoms with Gasteiger partial charge in [0, 0.05) is 25.2 Å². The average Bonchev–Trinajstić information content (AvgIpc) is 2.92. The highest BCUT2D eigenvalue weighted by Gasteiger charge is 2.45. The van der Waals surface area contributed by atoms with Gasteiger partial charge in [-0.05, 0) is 69.2 Å². The number of rotatable bonds is 8. The molecular weight excluding hydrogens is 592 g/mol. The van der Waals surface area contributed by atoms with Gasteiger partial charge in [-0.2, -0.15) is 0 Å². The first-order valence-corrected chi connectivity index (χ1v) is 18.4. The van der Waals surface area contributed by atoms with Gasteiger partial charge in [-0.15, -0.1) is 0 Å². The van der Waals surface area contributed by atoms with Crippen molar-refractivity contribution in [3.63, 3.8) is 0 Å². The number of benzene rings is 1. The second-order valence-corrected chi connectivity index (χ2v) is 19.1. The Kier molecular flexibility index (Phi) is 10.2. The van der Waals surface area contributed by atoms with Crippen molar-refractivity contribution in [2.75, 3.05) is 23.3 Å². The average molecular weight is 640 g/mol. The highest BCUT2D eigenvalue weighted by molar-refractivity contribution is 6.74. The van der Waals surface area contributed by atoms with Crippen molar-refractivity contribution < 1.29 is 22.7 Å². The van der Waals surface area contributed by atoms with Crippen LogP contribution in [0.2, 0.25) is 18.1 Å². The molecule has 45 heavy (non-hydrogen) atoms. The molecule has 1 aromatic carbocycles. The van der Waals surface area contributed by atoms with Crippen molar-refractivity contribution >= 4 is 25.8 Å². The first-order valence-electron chi connectivity index (χ1n) is 15.5. The van der Waals surface area contributed by atoms with E-state index in [4.69, 9.17) is 9.16 Å². The van der Waals surface area contributed by atoms with Crippen LogP contribution >= 0.6 is 0 Å². The molecule has 11 heteroatoms. The first-order chi connectivity index (χ1) is 20.9. The standard InChI is InChI=1S/C34H47F2N5O3Si/c1-22-20-41(21-28(40-32(42)43-33(2,3)4)31(22)44-45(8,9)34(5,6)7)29-16-17-37-19-27(29)38-18-23-12-10-15-26(39-23)30-24(35)13-11-14-25(30)36/h10-17,19,22,28,31,38H,18,20-21H2,1-9H3,(H,40,42). The van der Waals surface area contributed by atoms with Crippen molar-refractivity contribution in [3.8, 4) is 11.3 Å². The lowest BCUT2D eigenvalue weighted by atomic mass is 9.92. The Morgan fingerprint density at radius 1 is 1.02 bits per heavy atom. The van der Waals surface area contributed by atoms with Gasteiger partial charge in [-0.25, -0.2) is 13.6 Å². The molecule has 0 radical (unpaired) electrons. The van der Waals surface area contributed by atoms with Crippen molar-refractivity contribution in [1.29, 1.82) is 0 Å². The molecule has 0 spiro atoms. The highest BCUT2D eigenvalue weighted by Crippen LogP contribution is 2.40. The Bertz CT molecular complexity index is 1470. The normalized spacial score (nSPS) is 19.3. The maximum Gasteiger partial charge on any atom is 0.408 e. The van der Waals surface area contributed by atoms with Crippen LogP contribution in [0, 0.1) is 17.6 Å². The van der Waals surface area contributed by atoms with Crippen LogP contribution in [0.1, 0.15) is 54.2 Å². The van der Waals surface area contributed by atoms with Crippen LogP contribution in [-0.2, 0) is 15.7 Å². The fourth-order valence-electron chi connectivity index (χ4n) is 5.21. The molecule has 0 saturated carbocycles. The quantitative estimate of drug-likeness (QED) is 0.244. The smallest absolute Gasteiger partial charge is 0.408 e. The summed E-state index contributed by atoms with van der Waals surface area (Å²) in [5, 5.41) is 6.55. The number of hydrogen-bond donors (Lipinski definition) is 2. The fourth-order valence-corrected chi connectivity index (χ4v) is 6.64. The summed E-state index contributed by atoms with van der Waals surface area (Å²) in [6, 6.07) is 10.5. The number of aromatic nitrogens is 2. The summed E-state index contributed by atoms with van der Waals surface area (Å²) >= 11 is 0. The number of amides is 1. The van der Waals surface area contributed by atoms with Crippen LogP contribution in [0.3, 0.4) is 0 Å². The molecule has 2 aromatic heterocycles. The van der Waals surface area contributed by atoms with Gasteiger partial charge >= 0.3 is 6.09 Å². The molecule has 1 aliphatic rings. The van der Waals surface area contributed by atoms with E-state index in [-0.39, 0.29) is 34.4 Å². The van der Waals surface area contributed by atoms with E-state index in [1.165, 1.54) is 18.2 Å². The Morgan fingerprint density at radius 2 is 1.69 bits per heavy atom. The molecule has 0 aliphatic carbocycles.